The maximum Gasteiger partial charge on any atom is 0.243 e. The van der Waals surface area contributed by atoms with Gasteiger partial charge in [-0.2, -0.15) is 5.10 Å². The van der Waals surface area contributed by atoms with E-state index in [1.54, 1.807) is 0 Å². The first-order valence-electron chi connectivity index (χ1n) is 10.1. The van der Waals surface area contributed by atoms with Crippen LogP contribution in [0.1, 0.15) is 50.0 Å². The number of benzene rings is 2. The third-order valence-corrected chi connectivity index (χ3v) is 5.93. The first-order valence-corrected chi connectivity index (χ1v) is 10.9. The first-order chi connectivity index (χ1) is 14.3. The third kappa shape index (κ3) is 4.73. The molecular weight excluding hydrogens is 440 g/mol. The molecule has 1 heterocycles. The average molecular weight is 465 g/mol. The molecule has 2 unspecified atom stereocenters. The molecule has 4 rings (SSSR count). The van der Waals surface area contributed by atoms with E-state index in [0.717, 1.165) is 22.2 Å². The summed E-state index contributed by atoms with van der Waals surface area (Å²) in [7, 11) is 0. The van der Waals surface area contributed by atoms with E-state index in [1.165, 1.54) is 17.3 Å². The maximum absolute atomic E-state index is 12.4. The molecular formula is C25H25BrN2O2. The highest BCUT2D eigenvalue weighted by Crippen LogP contribution is 2.47. The smallest absolute Gasteiger partial charge is 0.243 e. The van der Waals surface area contributed by atoms with Crippen LogP contribution in [0.4, 0.5) is 0 Å². The van der Waals surface area contributed by atoms with Crippen LogP contribution in [-0.4, -0.2) is 12.1 Å². The number of hydrazone groups is 1. The fraction of sp³-hybridized carbons (Fsp3) is 0.280. The van der Waals surface area contributed by atoms with Crippen molar-refractivity contribution in [2.24, 2.45) is 11.0 Å². The van der Waals surface area contributed by atoms with Crippen molar-refractivity contribution < 1.29 is 9.21 Å². The number of carbonyl (C=O) groups excluding carboxylic acids is 1. The number of halogens is 1. The number of hydrogen-bond donors (Lipinski definition) is 1. The normalized spacial score (nSPS) is 18.5. The lowest BCUT2D eigenvalue weighted by atomic mass is 9.86. The Kier molecular flexibility index (Phi) is 5.65. The number of carbonyl (C=O) groups is 1. The SMILES string of the molecule is CC(C)(C)c1ccc(C2CC2C(=O)N/N=C\c2ccc(-c3cccc(Br)c3)o2)cc1. The van der Waals surface area contributed by atoms with Gasteiger partial charge in [-0.1, -0.05) is 73.1 Å². The summed E-state index contributed by atoms with van der Waals surface area (Å²) >= 11 is 3.46. The van der Waals surface area contributed by atoms with Crippen LogP contribution in [0.2, 0.25) is 0 Å². The zero-order valence-electron chi connectivity index (χ0n) is 17.4. The molecule has 1 saturated carbocycles. The second kappa shape index (κ2) is 8.23. The number of furan rings is 1. The fourth-order valence-corrected chi connectivity index (χ4v) is 3.94. The molecule has 0 saturated heterocycles. The number of hydrogen-bond acceptors (Lipinski definition) is 3. The molecule has 1 aliphatic rings. The van der Waals surface area contributed by atoms with Crippen LogP contribution in [0.3, 0.4) is 0 Å². The lowest BCUT2D eigenvalue weighted by Crippen LogP contribution is -2.20. The van der Waals surface area contributed by atoms with Crippen LogP contribution in [-0.2, 0) is 10.2 Å². The summed E-state index contributed by atoms with van der Waals surface area (Å²) < 4.78 is 6.78. The van der Waals surface area contributed by atoms with Crippen molar-refractivity contribution >= 4 is 28.1 Å². The minimum atomic E-state index is -0.0464. The Morgan fingerprint density at radius 2 is 1.90 bits per heavy atom. The Labute approximate surface area is 185 Å². The molecule has 0 radical (unpaired) electrons. The van der Waals surface area contributed by atoms with Gasteiger partial charge in [0.25, 0.3) is 0 Å². The quantitative estimate of drug-likeness (QED) is 0.357. The summed E-state index contributed by atoms with van der Waals surface area (Å²) in [6.07, 6.45) is 2.40. The van der Waals surface area contributed by atoms with Crippen LogP contribution in [0.25, 0.3) is 11.3 Å². The Bertz CT molecular complexity index is 1080. The minimum Gasteiger partial charge on any atom is -0.455 e. The van der Waals surface area contributed by atoms with Crippen LogP contribution in [0, 0.1) is 5.92 Å². The average Bonchev–Trinajstić information content (AvgIpc) is 3.38. The van der Waals surface area contributed by atoms with E-state index in [2.05, 4.69) is 71.5 Å². The van der Waals surface area contributed by atoms with E-state index < -0.39 is 0 Å². The van der Waals surface area contributed by atoms with Crippen molar-refractivity contribution in [3.05, 3.63) is 82.0 Å². The molecule has 2 aromatic carbocycles. The van der Waals surface area contributed by atoms with Gasteiger partial charge in [-0.05, 0) is 53.1 Å². The van der Waals surface area contributed by atoms with E-state index in [1.807, 2.05) is 36.4 Å². The number of nitrogens with zero attached hydrogens (tertiary/aromatic N) is 1. The molecule has 4 nitrogen and oxygen atoms in total. The first kappa shape index (κ1) is 20.6. The molecule has 1 fully saturated rings. The predicted octanol–water partition coefficient (Wildman–Crippen LogP) is 6.26. The summed E-state index contributed by atoms with van der Waals surface area (Å²) in [4.78, 5) is 12.4. The Morgan fingerprint density at radius 1 is 1.13 bits per heavy atom. The molecule has 1 amide bonds. The highest BCUT2D eigenvalue weighted by atomic mass is 79.9. The zero-order chi connectivity index (χ0) is 21.3. The topological polar surface area (TPSA) is 54.6 Å². The molecule has 0 bridgehead atoms. The second-order valence-electron chi connectivity index (χ2n) is 8.77. The van der Waals surface area contributed by atoms with Gasteiger partial charge in [0.2, 0.25) is 5.91 Å². The molecule has 0 spiro atoms. The van der Waals surface area contributed by atoms with Crippen molar-refractivity contribution in [1.82, 2.24) is 5.43 Å². The molecule has 154 valence electrons. The molecule has 30 heavy (non-hydrogen) atoms. The van der Waals surface area contributed by atoms with Gasteiger partial charge in [0.1, 0.15) is 11.5 Å². The van der Waals surface area contributed by atoms with Crippen LogP contribution in [0.5, 0.6) is 0 Å². The Morgan fingerprint density at radius 3 is 2.60 bits per heavy atom. The monoisotopic (exact) mass is 464 g/mol. The molecule has 1 aromatic heterocycles. The van der Waals surface area contributed by atoms with Crippen molar-refractivity contribution in [2.45, 2.75) is 38.5 Å². The van der Waals surface area contributed by atoms with Gasteiger partial charge in [-0.15, -0.1) is 0 Å². The number of nitrogens with one attached hydrogen (secondary N) is 1. The van der Waals surface area contributed by atoms with Gasteiger partial charge in [-0.25, -0.2) is 5.43 Å². The fourth-order valence-electron chi connectivity index (χ4n) is 3.55. The van der Waals surface area contributed by atoms with Gasteiger partial charge in [0.05, 0.1) is 6.21 Å². The molecule has 0 aliphatic heterocycles. The van der Waals surface area contributed by atoms with Crippen molar-refractivity contribution in [2.75, 3.05) is 0 Å². The summed E-state index contributed by atoms with van der Waals surface area (Å²) in [5.74, 6) is 1.56. The Balaban J connectivity index is 1.32. The van der Waals surface area contributed by atoms with E-state index >= 15 is 0 Å². The molecule has 2 atom stereocenters. The lowest BCUT2D eigenvalue weighted by molar-refractivity contribution is -0.122. The maximum atomic E-state index is 12.4. The lowest BCUT2D eigenvalue weighted by Gasteiger charge is -2.19. The van der Waals surface area contributed by atoms with E-state index in [4.69, 9.17) is 4.42 Å². The van der Waals surface area contributed by atoms with E-state index in [-0.39, 0.29) is 23.2 Å². The highest BCUT2D eigenvalue weighted by molar-refractivity contribution is 9.10. The molecule has 5 heteroatoms. The van der Waals surface area contributed by atoms with E-state index in [0.29, 0.717) is 5.76 Å². The highest BCUT2D eigenvalue weighted by Gasteiger charge is 2.44. The van der Waals surface area contributed by atoms with Gasteiger partial charge in [0, 0.05) is 16.0 Å². The van der Waals surface area contributed by atoms with Crippen LogP contribution in [0.15, 0.2) is 74.7 Å². The second-order valence-corrected chi connectivity index (χ2v) is 9.68. The molecule has 1 aliphatic carbocycles. The van der Waals surface area contributed by atoms with Crippen molar-refractivity contribution in [3.8, 4) is 11.3 Å². The standard InChI is InChI=1S/C25H25BrN2O2/c1-25(2,3)18-9-7-16(8-10-18)21-14-22(21)24(29)28-27-15-20-11-12-23(30-20)17-5-4-6-19(26)13-17/h4-13,15,21-22H,14H2,1-3H3,(H,28,29)/b27-15-. The summed E-state index contributed by atoms with van der Waals surface area (Å²) in [5, 5.41) is 4.07. The van der Waals surface area contributed by atoms with Crippen LogP contribution < -0.4 is 5.43 Å². The zero-order valence-corrected chi connectivity index (χ0v) is 18.9. The van der Waals surface area contributed by atoms with E-state index in [9.17, 15) is 4.79 Å². The summed E-state index contributed by atoms with van der Waals surface area (Å²) in [5.41, 5.74) is 6.29. The Hall–Kier alpha value is -2.66. The predicted molar refractivity (Wildman–Crippen MR) is 124 cm³/mol. The largest absolute Gasteiger partial charge is 0.455 e. The van der Waals surface area contributed by atoms with Gasteiger partial charge >= 0.3 is 0 Å². The molecule has 1 N–H and O–H groups in total. The van der Waals surface area contributed by atoms with Gasteiger partial charge < -0.3 is 4.42 Å². The molecule has 3 aromatic rings. The number of rotatable bonds is 5. The summed E-state index contributed by atoms with van der Waals surface area (Å²) in [6, 6.07) is 20.2. The van der Waals surface area contributed by atoms with Crippen LogP contribution >= 0.6 is 15.9 Å². The van der Waals surface area contributed by atoms with Gasteiger partial charge in [-0.3, -0.25) is 4.79 Å². The van der Waals surface area contributed by atoms with Gasteiger partial charge in [0.15, 0.2) is 0 Å². The van der Waals surface area contributed by atoms with Crippen molar-refractivity contribution in [3.63, 3.8) is 0 Å². The van der Waals surface area contributed by atoms with Crippen molar-refractivity contribution in [1.29, 1.82) is 0 Å². The third-order valence-electron chi connectivity index (χ3n) is 5.43. The summed E-state index contributed by atoms with van der Waals surface area (Å²) in [6.45, 7) is 6.61. The minimum absolute atomic E-state index is 0.0172. The number of amides is 1.